The van der Waals surface area contributed by atoms with Crippen LogP contribution in [0.15, 0.2) is 48.2 Å². The molecule has 2 heterocycles. The van der Waals surface area contributed by atoms with Crippen molar-refractivity contribution < 1.29 is 9.84 Å². The van der Waals surface area contributed by atoms with Crippen molar-refractivity contribution in [1.82, 2.24) is 14.9 Å². The number of hydrogen-bond donors (Lipinski definition) is 3. The van der Waals surface area contributed by atoms with E-state index >= 15 is 0 Å². The molecule has 150 valence electrons. The molecule has 3 N–H and O–H groups in total. The first kappa shape index (κ1) is 19.1. The number of aliphatic hydroxyl groups is 1. The predicted molar refractivity (Wildman–Crippen MR) is 115 cm³/mol. The van der Waals surface area contributed by atoms with Crippen LogP contribution in [0.2, 0.25) is 0 Å². The van der Waals surface area contributed by atoms with E-state index in [0.29, 0.717) is 17.9 Å². The van der Waals surface area contributed by atoms with Gasteiger partial charge in [-0.05, 0) is 51.5 Å². The largest absolute Gasteiger partial charge is 0.510 e. The number of para-hydroxylation sites is 1. The molecule has 0 fully saturated rings. The molecule has 0 radical (unpaired) electrons. The summed E-state index contributed by atoms with van der Waals surface area (Å²) in [6, 6.07) is 13.8. The van der Waals surface area contributed by atoms with Crippen LogP contribution in [0.5, 0.6) is 5.75 Å². The smallest absolute Gasteiger partial charge is 0.145 e. The van der Waals surface area contributed by atoms with Crippen LogP contribution in [0, 0.1) is 12.3 Å². The van der Waals surface area contributed by atoms with Crippen LogP contribution in [-0.2, 0) is 6.54 Å². The first-order valence-corrected chi connectivity index (χ1v) is 9.71. The molecule has 0 atom stereocenters. The van der Waals surface area contributed by atoms with Gasteiger partial charge < -0.3 is 19.7 Å². The topological polar surface area (TPSA) is 85.2 Å². The van der Waals surface area contributed by atoms with Gasteiger partial charge in [0.15, 0.2) is 0 Å². The third-order valence-electron chi connectivity index (χ3n) is 4.81. The third kappa shape index (κ3) is 3.83. The fourth-order valence-electron chi connectivity index (χ4n) is 3.53. The minimum atomic E-state index is -0.313. The zero-order chi connectivity index (χ0) is 20.8. The van der Waals surface area contributed by atoms with Crippen molar-refractivity contribution in [3.05, 3.63) is 65.2 Å². The maximum absolute atomic E-state index is 10.6. The highest BCUT2D eigenvalue weighted by Gasteiger charge is 2.31. The Labute approximate surface area is 170 Å². The molecule has 1 aliphatic heterocycles. The van der Waals surface area contributed by atoms with Crippen molar-refractivity contribution in [3.8, 4) is 5.75 Å². The summed E-state index contributed by atoms with van der Waals surface area (Å²) >= 11 is 0. The number of hydrogen-bond acceptors (Lipinski definition) is 4. The van der Waals surface area contributed by atoms with E-state index in [0.717, 1.165) is 27.9 Å². The van der Waals surface area contributed by atoms with Crippen LogP contribution in [0.25, 0.3) is 16.6 Å². The molecule has 0 amide bonds. The van der Waals surface area contributed by atoms with Gasteiger partial charge in [0, 0.05) is 12.1 Å². The Morgan fingerprint density at radius 1 is 1.21 bits per heavy atom. The van der Waals surface area contributed by atoms with Crippen molar-refractivity contribution in [2.24, 2.45) is 0 Å². The quantitative estimate of drug-likeness (QED) is 0.597. The van der Waals surface area contributed by atoms with Crippen molar-refractivity contribution in [1.29, 1.82) is 5.41 Å². The molecule has 0 spiro atoms. The SMILES string of the molecule is Cc1ccc2nc(C3=C(O)CN(Cc4ccccc4OC(C)(C)C)C3=N)[nH]c2c1. The Bertz CT molecular complexity index is 1120. The van der Waals surface area contributed by atoms with E-state index in [2.05, 4.69) is 9.97 Å². The van der Waals surface area contributed by atoms with Gasteiger partial charge >= 0.3 is 0 Å². The number of H-pyrrole nitrogens is 1. The van der Waals surface area contributed by atoms with Gasteiger partial charge in [-0.1, -0.05) is 24.3 Å². The molecule has 6 nitrogen and oxygen atoms in total. The zero-order valence-electron chi connectivity index (χ0n) is 17.2. The first-order valence-electron chi connectivity index (χ1n) is 9.71. The molecule has 1 aromatic heterocycles. The number of nitrogens with zero attached hydrogens (tertiary/aromatic N) is 2. The highest BCUT2D eigenvalue weighted by atomic mass is 16.5. The minimum absolute atomic E-state index is 0.153. The second-order valence-electron chi connectivity index (χ2n) is 8.45. The van der Waals surface area contributed by atoms with Crippen molar-refractivity contribution in [2.75, 3.05) is 6.54 Å². The van der Waals surface area contributed by atoms with Gasteiger partial charge in [-0.25, -0.2) is 4.98 Å². The van der Waals surface area contributed by atoms with Crippen molar-refractivity contribution >= 4 is 22.4 Å². The normalized spacial score (nSPS) is 14.9. The number of nitrogens with one attached hydrogen (secondary N) is 2. The number of ether oxygens (including phenoxy) is 1. The summed E-state index contributed by atoms with van der Waals surface area (Å²) in [6.07, 6.45) is 0. The summed E-state index contributed by atoms with van der Waals surface area (Å²) < 4.78 is 6.08. The summed E-state index contributed by atoms with van der Waals surface area (Å²) in [5.41, 5.74) is 3.96. The van der Waals surface area contributed by atoms with E-state index in [4.69, 9.17) is 10.1 Å². The number of benzene rings is 2. The highest BCUT2D eigenvalue weighted by Crippen LogP contribution is 2.31. The van der Waals surface area contributed by atoms with Crippen LogP contribution < -0.4 is 4.74 Å². The van der Waals surface area contributed by atoms with E-state index < -0.39 is 0 Å². The lowest BCUT2D eigenvalue weighted by Crippen LogP contribution is -2.28. The summed E-state index contributed by atoms with van der Waals surface area (Å²) in [4.78, 5) is 9.65. The van der Waals surface area contributed by atoms with Gasteiger partial charge in [0.25, 0.3) is 0 Å². The van der Waals surface area contributed by atoms with Gasteiger partial charge in [-0.2, -0.15) is 0 Å². The Balaban J connectivity index is 1.60. The second kappa shape index (κ2) is 6.95. The van der Waals surface area contributed by atoms with Gasteiger partial charge in [-0.15, -0.1) is 0 Å². The number of rotatable bonds is 4. The number of aryl methyl sites for hydroxylation is 1. The first-order chi connectivity index (χ1) is 13.7. The monoisotopic (exact) mass is 390 g/mol. The molecule has 0 saturated heterocycles. The molecule has 0 unspecified atom stereocenters. The fraction of sp³-hybridized carbons (Fsp3) is 0.304. The standard InChI is InChI=1S/C23H26N4O2/c1-14-9-10-16-17(11-14)26-22(25-16)20-18(28)13-27(21(20)24)12-15-7-5-6-8-19(15)29-23(2,3)4/h5-11,24,28H,12-13H2,1-4H3,(H,25,26). The van der Waals surface area contributed by atoms with Crippen molar-refractivity contribution in [2.45, 2.75) is 39.8 Å². The van der Waals surface area contributed by atoms with E-state index in [-0.39, 0.29) is 23.7 Å². The molecule has 1 aliphatic rings. The number of aliphatic hydroxyl groups excluding tert-OH is 1. The van der Waals surface area contributed by atoms with Crippen LogP contribution in [0.4, 0.5) is 0 Å². The third-order valence-corrected chi connectivity index (χ3v) is 4.81. The molecule has 4 rings (SSSR count). The molecule has 3 aromatic rings. The summed E-state index contributed by atoms with van der Waals surface area (Å²) in [7, 11) is 0. The number of imidazole rings is 1. The van der Waals surface area contributed by atoms with Gasteiger partial charge in [-0.3, -0.25) is 5.41 Å². The van der Waals surface area contributed by atoms with E-state index in [1.165, 1.54) is 0 Å². The lowest BCUT2D eigenvalue weighted by Gasteiger charge is -2.25. The van der Waals surface area contributed by atoms with Gasteiger partial charge in [0.1, 0.15) is 28.8 Å². The number of fused-ring (bicyclic) bond motifs is 1. The maximum atomic E-state index is 10.6. The molecule has 6 heteroatoms. The number of aromatic amines is 1. The average Bonchev–Trinajstić information content (AvgIpc) is 3.15. The molecule has 29 heavy (non-hydrogen) atoms. The van der Waals surface area contributed by atoms with Crippen LogP contribution in [0.3, 0.4) is 0 Å². The highest BCUT2D eigenvalue weighted by molar-refractivity contribution is 6.23. The number of aromatic nitrogens is 2. The van der Waals surface area contributed by atoms with Gasteiger partial charge in [0.05, 0.1) is 23.2 Å². The zero-order valence-corrected chi connectivity index (χ0v) is 17.2. The van der Waals surface area contributed by atoms with E-state index in [9.17, 15) is 5.11 Å². The second-order valence-corrected chi connectivity index (χ2v) is 8.45. The molecular weight excluding hydrogens is 364 g/mol. The summed E-state index contributed by atoms with van der Waals surface area (Å²) in [5, 5.41) is 19.3. The van der Waals surface area contributed by atoms with Gasteiger partial charge in [0.2, 0.25) is 0 Å². The van der Waals surface area contributed by atoms with E-state index in [1.807, 2.05) is 75.1 Å². The molecule has 0 saturated carbocycles. The molecule has 2 aromatic carbocycles. The average molecular weight is 390 g/mol. The lowest BCUT2D eigenvalue weighted by atomic mass is 10.1. The summed E-state index contributed by atoms with van der Waals surface area (Å²) in [6.45, 7) is 8.79. The lowest BCUT2D eigenvalue weighted by molar-refractivity contribution is 0.128. The Morgan fingerprint density at radius 2 is 1.97 bits per heavy atom. The Kier molecular flexibility index (Phi) is 4.57. The maximum Gasteiger partial charge on any atom is 0.145 e. The Hall–Kier alpha value is -3.28. The molecule has 0 bridgehead atoms. The van der Waals surface area contributed by atoms with Crippen LogP contribution >= 0.6 is 0 Å². The Morgan fingerprint density at radius 3 is 2.72 bits per heavy atom. The van der Waals surface area contributed by atoms with Crippen molar-refractivity contribution in [3.63, 3.8) is 0 Å². The van der Waals surface area contributed by atoms with Crippen LogP contribution in [0.1, 0.15) is 37.7 Å². The number of amidine groups is 1. The fourth-order valence-corrected chi connectivity index (χ4v) is 3.53. The van der Waals surface area contributed by atoms with Crippen LogP contribution in [-0.4, -0.2) is 38.0 Å². The predicted octanol–water partition coefficient (Wildman–Crippen LogP) is 4.81. The summed E-state index contributed by atoms with van der Waals surface area (Å²) in [5.74, 6) is 1.72. The minimum Gasteiger partial charge on any atom is -0.510 e. The molecular formula is C23H26N4O2. The van der Waals surface area contributed by atoms with E-state index in [1.54, 1.807) is 0 Å². The molecule has 0 aliphatic carbocycles.